The van der Waals surface area contributed by atoms with E-state index >= 15 is 0 Å². The number of hydrogen-bond donors (Lipinski definition) is 9. The number of rotatable bonds is 20. The molecule has 0 aromatic heterocycles. The SMILES string of the molecule is CC(C)C[C@H](NC(=O)[C@H](CC(C)C)NC(=O)[C@@H](NC(=O)[C@H](CC(C)C)NC(=O)[C@H](CO)NC(=O)[C@@H](N)CO)C(C)C)C(=O)O. The standard InChI is InChI=1S/C29H54N6O9/c1-14(2)9-19(25(39)33-21(29(43)44)11-16(5)6)32-28(42)23(17(7)8)35-26(40)20(10-15(3)4)31-27(41)22(13-37)34-24(38)18(30)12-36/h14-23,36-37H,9-13,30H2,1-8H3,(H,31,41)(H,32,42)(H,33,39)(H,34,38)(H,35,40)(H,43,44)/t18-,19-,20-,21-,22-,23-/m0/s1. The summed E-state index contributed by atoms with van der Waals surface area (Å²) >= 11 is 0. The molecule has 6 atom stereocenters. The fourth-order valence-electron chi connectivity index (χ4n) is 4.25. The van der Waals surface area contributed by atoms with Crippen molar-refractivity contribution in [2.45, 2.75) is 111 Å². The Labute approximate surface area is 259 Å². The molecule has 0 aromatic carbocycles. The summed E-state index contributed by atoms with van der Waals surface area (Å²) in [6.45, 7) is 12.8. The van der Waals surface area contributed by atoms with E-state index in [-0.39, 0.29) is 37.0 Å². The molecule has 0 aromatic rings. The summed E-state index contributed by atoms with van der Waals surface area (Å²) in [6, 6.07) is -7.26. The molecule has 15 nitrogen and oxygen atoms in total. The predicted molar refractivity (Wildman–Crippen MR) is 163 cm³/mol. The lowest BCUT2D eigenvalue weighted by atomic mass is 9.97. The predicted octanol–water partition coefficient (Wildman–Crippen LogP) is -1.40. The van der Waals surface area contributed by atoms with E-state index < -0.39 is 90.9 Å². The first-order valence-corrected chi connectivity index (χ1v) is 15.1. The van der Waals surface area contributed by atoms with Gasteiger partial charge in [-0.3, -0.25) is 24.0 Å². The van der Waals surface area contributed by atoms with Gasteiger partial charge in [0.25, 0.3) is 0 Å². The van der Waals surface area contributed by atoms with E-state index in [4.69, 9.17) is 10.8 Å². The first-order valence-electron chi connectivity index (χ1n) is 15.1. The van der Waals surface area contributed by atoms with Gasteiger partial charge in [0.05, 0.1) is 13.2 Å². The second kappa shape index (κ2) is 19.9. The van der Waals surface area contributed by atoms with Gasteiger partial charge in [0.2, 0.25) is 29.5 Å². The van der Waals surface area contributed by atoms with Gasteiger partial charge in [0.1, 0.15) is 36.3 Å². The van der Waals surface area contributed by atoms with Crippen LogP contribution in [0.1, 0.15) is 74.7 Å². The van der Waals surface area contributed by atoms with Crippen molar-refractivity contribution < 1.29 is 44.1 Å². The van der Waals surface area contributed by atoms with Crippen LogP contribution in [0.2, 0.25) is 0 Å². The van der Waals surface area contributed by atoms with E-state index in [1.807, 2.05) is 41.5 Å². The molecule has 0 heterocycles. The Bertz CT molecular complexity index is 973. The summed E-state index contributed by atoms with van der Waals surface area (Å²) in [5.41, 5.74) is 5.45. The molecule has 0 radical (unpaired) electrons. The fourth-order valence-corrected chi connectivity index (χ4v) is 4.25. The number of carbonyl (C=O) groups excluding carboxylic acids is 5. The zero-order valence-corrected chi connectivity index (χ0v) is 27.2. The second-order valence-corrected chi connectivity index (χ2v) is 12.7. The first-order chi connectivity index (χ1) is 20.3. The Balaban J connectivity index is 5.88. The maximum absolute atomic E-state index is 13.4. The van der Waals surface area contributed by atoms with Crippen LogP contribution in [0.5, 0.6) is 0 Å². The molecule has 10 N–H and O–H groups in total. The molecule has 0 aliphatic rings. The summed E-state index contributed by atoms with van der Waals surface area (Å²) in [6.07, 6.45) is 0.563. The van der Waals surface area contributed by atoms with Crippen LogP contribution in [0.3, 0.4) is 0 Å². The summed E-state index contributed by atoms with van der Waals surface area (Å²) in [5.74, 6) is -5.54. The molecule has 0 saturated heterocycles. The second-order valence-electron chi connectivity index (χ2n) is 12.7. The highest BCUT2D eigenvalue weighted by Crippen LogP contribution is 2.12. The van der Waals surface area contributed by atoms with Crippen molar-refractivity contribution in [2.75, 3.05) is 13.2 Å². The third-order valence-corrected chi connectivity index (χ3v) is 6.60. The molecule has 44 heavy (non-hydrogen) atoms. The van der Waals surface area contributed by atoms with Crippen LogP contribution in [0.15, 0.2) is 0 Å². The molecule has 254 valence electrons. The minimum Gasteiger partial charge on any atom is -0.480 e. The summed E-state index contributed by atoms with van der Waals surface area (Å²) in [7, 11) is 0. The molecule has 0 rings (SSSR count). The summed E-state index contributed by atoms with van der Waals surface area (Å²) in [4.78, 5) is 76.5. The molecule has 0 bridgehead atoms. The van der Waals surface area contributed by atoms with Crippen LogP contribution >= 0.6 is 0 Å². The number of carboxylic acids is 1. The lowest BCUT2D eigenvalue weighted by molar-refractivity contribution is -0.143. The van der Waals surface area contributed by atoms with E-state index in [1.165, 1.54) is 0 Å². The lowest BCUT2D eigenvalue weighted by Crippen LogP contribution is -2.61. The largest absolute Gasteiger partial charge is 0.480 e. The molecule has 0 aliphatic carbocycles. The van der Waals surface area contributed by atoms with Crippen LogP contribution in [0, 0.1) is 23.7 Å². The van der Waals surface area contributed by atoms with Gasteiger partial charge in [-0.2, -0.15) is 0 Å². The van der Waals surface area contributed by atoms with Crippen molar-refractivity contribution in [3.8, 4) is 0 Å². The number of aliphatic hydroxyl groups is 2. The average molecular weight is 631 g/mol. The van der Waals surface area contributed by atoms with E-state index in [1.54, 1.807) is 13.8 Å². The maximum atomic E-state index is 13.4. The van der Waals surface area contributed by atoms with Gasteiger partial charge in [0, 0.05) is 0 Å². The number of aliphatic hydroxyl groups excluding tert-OH is 2. The van der Waals surface area contributed by atoms with Crippen molar-refractivity contribution in [1.82, 2.24) is 26.6 Å². The average Bonchev–Trinajstić information content (AvgIpc) is 2.91. The Morgan fingerprint density at radius 1 is 0.523 bits per heavy atom. The van der Waals surface area contributed by atoms with Crippen molar-refractivity contribution in [2.24, 2.45) is 29.4 Å². The lowest BCUT2D eigenvalue weighted by Gasteiger charge is -2.29. The molecule has 0 saturated carbocycles. The number of aliphatic carboxylic acids is 1. The molecule has 0 fully saturated rings. The smallest absolute Gasteiger partial charge is 0.326 e. The van der Waals surface area contributed by atoms with E-state index in [9.17, 15) is 39.0 Å². The van der Waals surface area contributed by atoms with E-state index in [0.717, 1.165) is 0 Å². The summed E-state index contributed by atoms with van der Waals surface area (Å²) in [5, 5.41) is 40.8. The van der Waals surface area contributed by atoms with E-state index in [0.29, 0.717) is 0 Å². The van der Waals surface area contributed by atoms with E-state index in [2.05, 4.69) is 26.6 Å². The molecule has 0 aliphatic heterocycles. The van der Waals surface area contributed by atoms with Crippen molar-refractivity contribution >= 4 is 35.5 Å². The van der Waals surface area contributed by atoms with Gasteiger partial charge in [-0.15, -0.1) is 0 Å². The van der Waals surface area contributed by atoms with Crippen LogP contribution in [0.4, 0.5) is 0 Å². The highest BCUT2D eigenvalue weighted by molar-refractivity contribution is 5.96. The van der Waals surface area contributed by atoms with Gasteiger partial charge in [0.15, 0.2) is 0 Å². The normalized spacial score (nSPS) is 15.6. The molecule has 5 amide bonds. The van der Waals surface area contributed by atoms with Gasteiger partial charge < -0.3 is 47.6 Å². The maximum Gasteiger partial charge on any atom is 0.326 e. The first kappa shape index (κ1) is 40.7. The number of carboxylic acid groups (broad SMARTS) is 1. The highest BCUT2D eigenvalue weighted by atomic mass is 16.4. The minimum absolute atomic E-state index is 0.00334. The number of amides is 5. The highest BCUT2D eigenvalue weighted by Gasteiger charge is 2.34. The third kappa shape index (κ3) is 14.9. The summed E-state index contributed by atoms with van der Waals surface area (Å²) < 4.78 is 0. The molecule has 0 unspecified atom stereocenters. The van der Waals surface area contributed by atoms with Crippen LogP contribution < -0.4 is 32.3 Å². The fraction of sp³-hybridized carbons (Fsp3) is 0.793. The Kier molecular flexibility index (Phi) is 18.4. The Morgan fingerprint density at radius 2 is 0.886 bits per heavy atom. The molecular weight excluding hydrogens is 576 g/mol. The number of hydrogen-bond acceptors (Lipinski definition) is 9. The monoisotopic (exact) mass is 630 g/mol. The van der Waals surface area contributed by atoms with Crippen molar-refractivity contribution in [1.29, 1.82) is 0 Å². The van der Waals surface area contributed by atoms with Crippen LogP contribution in [-0.4, -0.2) is 100 Å². The minimum atomic E-state index is -1.45. The zero-order valence-electron chi connectivity index (χ0n) is 27.2. The quantitative estimate of drug-likeness (QED) is 0.0761. The number of nitrogens with one attached hydrogen (secondary N) is 5. The van der Waals surface area contributed by atoms with Gasteiger partial charge >= 0.3 is 5.97 Å². The zero-order chi connectivity index (χ0) is 34.3. The number of carbonyl (C=O) groups is 6. The molecule has 0 spiro atoms. The van der Waals surface area contributed by atoms with Crippen molar-refractivity contribution in [3.05, 3.63) is 0 Å². The Morgan fingerprint density at radius 3 is 1.27 bits per heavy atom. The van der Waals surface area contributed by atoms with Gasteiger partial charge in [-0.25, -0.2) is 4.79 Å². The number of nitrogens with two attached hydrogens (primary N) is 1. The van der Waals surface area contributed by atoms with Crippen molar-refractivity contribution in [3.63, 3.8) is 0 Å². The molecular formula is C29H54N6O9. The molecule has 15 heteroatoms. The van der Waals surface area contributed by atoms with Gasteiger partial charge in [-0.1, -0.05) is 55.4 Å². The van der Waals surface area contributed by atoms with Crippen LogP contribution in [0.25, 0.3) is 0 Å². The van der Waals surface area contributed by atoms with Gasteiger partial charge in [-0.05, 0) is 42.9 Å². The topological polar surface area (TPSA) is 249 Å². The van der Waals surface area contributed by atoms with Crippen LogP contribution in [-0.2, 0) is 28.8 Å². The third-order valence-electron chi connectivity index (χ3n) is 6.60. The Hall–Kier alpha value is -3.30.